The molecule has 1 saturated heterocycles. The average molecular weight is 233 g/mol. The van der Waals surface area contributed by atoms with Gasteiger partial charge in [0.1, 0.15) is 5.69 Å². The number of nitrogens with zero attached hydrogens (tertiary/aromatic N) is 5. The molecular formula is C10H11N5O2. The van der Waals surface area contributed by atoms with Gasteiger partial charge in [0.05, 0.1) is 19.4 Å². The largest absolute Gasteiger partial charge is 0.401 e. The molecule has 1 aliphatic rings. The number of hydrogen-bond acceptors (Lipinski definition) is 7. The summed E-state index contributed by atoms with van der Waals surface area (Å²) in [5.74, 6) is 0.389. The minimum absolute atomic E-state index is 0.389. The van der Waals surface area contributed by atoms with Gasteiger partial charge in [0, 0.05) is 25.5 Å². The van der Waals surface area contributed by atoms with Gasteiger partial charge in [0.15, 0.2) is 0 Å². The minimum atomic E-state index is 0.389. The van der Waals surface area contributed by atoms with Crippen molar-refractivity contribution in [3.63, 3.8) is 0 Å². The lowest BCUT2D eigenvalue weighted by atomic mass is 10.4. The van der Waals surface area contributed by atoms with Crippen LogP contribution in [-0.2, 0) is 4.74 Å². The second-order valence-corrected chi connectivity index (χ2v) is 3.58. The van der Waals surface area contributed by atoms with E-state index < -0.39 is 0 Å². The molecule has 1 aliphatic heterocycles. The molecule has 0 aliphatic carbocycles. The van der Waals surface area contributed by atoms with E-state index in [1.807, 2.05) is 4.90 Å². The zero-order valence-electron chi connectivity index (χ0n) is 9.11. The van der Waals surface area contributed by atoms with Crippen molar-refractivity contribution >= 4 is 6.01 Å². The third kappa shape index (κ3) is 2.09. The van der Waals surface area contributed by atoms with Gasteiger partial charge in [-0.15, -0.1) is 5.10 Å². The molecule has 0 unspecified atom stereocenters. The number of morpholine rings is 1. The Bertz CT molecular complexity index is 480. The predicted molar refractivity (Wildman–Crippen MR) is 58.4 cm³/mol. The van der Waals surface area contributed by atoms with Crippen molar-refractivity contribution in [3.8, 4) is 11.6 Å². The van der Waals surface area contributed by atoms with E-state index >= 15 is 0 Å². The van der Waals surface area contributed by atoms with Crippen molar-refractivity contribution in [1.29, 1.82) is 0 Å². The molecule has 2 aromatic heterocycles. The molecule has 0 N–H and O–H groups in total. The fraction of sp³-hybridized carbons (Fsp3) is 0.400. The smallest absolute Gasteiger partial charge is 0.318 e. The maximum atomic E-state index is 5.55. The van der Waals surface area contributed by atoms with Crippen LogP contribution in [0, 0.1) is 0 Å². The highest BCUT2D eigenvalue weighted by atomic mass is 16.5. The van der Waals surface area contributed by atoms with E-state index in [9.17, 15) is 0 Å². The molecule has 0 amide bonds. The number of rotatable bonds is 2. The molecule has 17 heavy (non-hydrogen) atoms. The summed E-state index contributed by atoms with van der Waals surface area (Å²) in [6.07, 6.45) is 4.79. The first kappa shape index (κ1) is 10.2. The SMILES string of the molecule is c1cnc(-c2nnc(N3CCOCC3)o2)cn1. The average Bonchev–Trinajstić information content (AvgIpc) is 2.90. The lowest BCUT2D eigenvalue weighted by molar-refractivity contribution is 0.120. The molecule has 88 valence electrons. The van der Waals surface area contributed by atoms with Gasteiger partial charge < -0.3 is 14.1 Å². The highest BCUT2D eigenvalue weighted by Gasteiger charge is 2.18. The Morgan fingerprint density at radius 2 is 2.00 bits per heavy atom. The molecule has 0 saturated carbocycles. The first-order valence-corrected chi connectivity index (χ1v) is 5.36. The molecule has 0 bridgehead atoms. The summed E-state index contributed by atoms with van der Waals surface area (Å²) < 4.78 is 10.8. The molecule has 7 heteroatoms. The Labute approximate surface area is 97.5 Å². The second-order valence-electron chi connectivity index (χ2n) is 3.58. The summed E-state index contributed by atoms with van der Waals surface area (Å²) in [4.78, 5) is 10.1. The predicted octanol–water partition coefficient (Wildman–Crippen LogP) is 0.363. The standard InChI is InChI=1S/C10H11N5O2/c1-2-12-8(7-11-1)9-13-14-10(17-9)15-3-5-16-6-4-15/h1-2,7H,3-6H2. The van der Waals surface area contributed by atoms with Crippen LogP contribution in [0.5, 0.6) is 0 Å². The van der Waals surface area contributed by atoms with Crippen molar-refractivity contribution in [2.75, 3.05) is 31.2 Å². The van der Waals surface area contributed by atoms with Gasteiger partial charge in [-0.05, 0) is 0 Å². The van der Waals surface area contributed by atoms with Gasteiger partial charge in [0.25, 0.3) is 5.89 Å². The van der Waals surface area contributed by atoms with Crippen molar-refractivity contribution < 1.29 is 9.15 Å². The topological polar surface area (TPSA) is 77.2 Å². The van der Waals surface area contributed by atoms with Crippen LogP contribution in [0.4, 0.5) is 6.01 Å². The van der Waals surface area contributed by atoms with E-state index in [1.54, 1.807) is 18.6 Å². The van der Waals surface area contributed by atoms with Crippen LogP contribution in [0.3, 0.4) is 0 Å². The highest BCUT2D eigenvalue weighted by Crippen LogP contribution is 2.19. The summed E-state index contributed by atoms with van der Waals surface area (Å²) in [6, 6.07) is 0.508. The highest BCUT2D eigenvalue weighted by molar-refractivity contribution is 5.45. The normalized spacial score (nSPS) is 16.1. The van der Waals surface area contributed by atoms with Gasteiger partial charge in [-0.3, -0.25) is 4.98 Å². The van der Waals surface area contributed by atoms with Crippen molar-refractivity contribution in [2.45, 2.75) is 0 Å². The van der Waals surface area contributed by atoms with E-state index in [2.05, 4.69) is 20.2 Å². The van der Waals surface area contributed by atoms with Gasteiger partial charge in [0.2, 0.25) is 0 Å². The van der Waals surface area contributed by atoms with Gasteiger partial charge in [-0.25, -0.2) is 4.98 Å². The lowest BCUT2D eigenvalue weighted by Crippen LogP contribution is -2.36. The Kier molecular flexibility index (Phi) is 2.66. The summed E-state index contributed by atoms with van der Waals surface area (Å²) in [5.41, 5.74) is 0.583. The number of hydrogen-bond donors (Lipinski definition) is 0. The van der Waals surface area contributed by atoms with Gasteiger partial charge in [-0.1, -0.05) is 5.10 Å². The van der Waals surface area contributed by atoms with Gasteiger partial charge in [-0.2, -0.15) is 0 Å². The third-order valence-corrected chi connectivity index (χ3v) is 2.48. The van der Waals surface area contributed by atoms with Crippen LogP contribution in [0.2, 0.25) is 0 Å². The summed E-state index contributed by atoms with van der Waals surface area (Å²) in [6.45, 7) is 2.90. The van der Waals surface area contributed by atoms with Crippen LogP contribution >= 0.6 is 0 Å². The molecule has 0 spiro atoms. The lowest BCUT2D eigenvalue weighted by Gasteiger charge is -2.24. The molecule has 1 fully saturated rings. The molecular weight excluding hydrogens is 222 g/mol. The molecule has 0 radical (unpaired) electrons. The second kappa shape index (κ2) is 4.46. The molecule has 2 aromatic rings. The van der Waals surface area contributed by atoms with E-state index in [-0.39, 0.29) is 0 Å². The monoisotopic (exact) mass is 233 g/mol. The maximum Gasteiger partial charge on any atom is 0.318 e. The molecule has 3 heterocycles. The third-order valence-electron chi connectivity index (χ3n) is 2.48. The quantitative estimate of drug-likeness (QED) is 0.741. The summed E-state index contributed by atoms with van der Waals surface area (Å²) in [5, 5.41) is 7.96. The van der Waals surface area contributed by atoms with Crippen LogP contribution in [-0.4, -0.2) is 46.5 Å². The summed E-state index contributed by atoms with van der Waals surface area (Å²) >= 11 is 0. The van der Waals surface area contributed by atoms with Crippen molar-refractivity contribution in [2.24, 2.45) is 0 Å². The number of aromatic nitrogens is 4. The maximum absolute atomic E-state index is 5.55. The van der Waals surface area contributed by atoms with E-state index in [0.717, 1.165) is 13.1 Å². The van der Waals surface area contributed by atoms with Crippen molar-refractivity contribution in [3.05, 3.63) is 18.6 Å². The molecule has 3 rings (SSSR count). The van der Waals surface area contributed by atoms with E-state index in [0.29, 0.717) is 30.8 Å². The zero-order chi connectivity index (χ0) is 11.5. The number of ether oxygens (including phenoxy) is 1. The number of anilines is 1. The fourth-order valence-electron chi connectivity index (χ4n) is 1.61. The Hall–Kier alpha value is -2.02. The Morgan fingerprint density at radius 1 is 1.12 bits per heavy atom. The Balaban J connectivity index is 1.83. The van der Waals surface area contributed by atoms with E-state index in [4.69, 9.17) is 9.15 Å². The zero-order valence-corrected chi connectivity index (χ0v) is 9.11. The van der Waals surface area contributed by atoms with E-state index in [1.165, 1.54) is 0 Å². The van der Waals surface area contributed by atoms with Crippen LogP contribution in [0.25, 0.3) is 11.6 Å². The molecule has 7 nitrogen and oxygen atoms in total. The first-order chi connectivity index (χ1) is 8.43. The van der Waals surface area contributed by atoms with Gasteiger partial charge >= 0.3 is 6.01 Å². The van der Waals surface area contributed by atoms with Crippen LogP contribution in [0.1, 0.15) is 0 Å². The summed E-state index contributed by atoms with van der Waals surface area (Å²) in [7, 11) is 0. The first-order valence-electron chi connectivity index (χ1n) is 5.36. The molecule has 0 atom stereocenters. The fourth-order valence-corrected chi connectivity index (χ4v) is 1.61. The molecule has 0 aromatic carbocycles. The van der Waals surface area contributed by atoms with Crippen LogP contribution < -0.4 is 4.90 Å². The Morgan fingerprint density at radius 3 is 2.76 bits per heavy atom. The van der Waals surface area contributed by atoms with Crippen LogP contribution in [0.15, 0.2) is 23.0 Å². The minimum Gasteiger partial charge on any atom is -0.401 e. The van der Waals surface area contributed by atoms with Crippen molar-refractivity contribution in [1.82, 2.24) is 20.2 Å².